The monoisotopic (exact) mass is 244 g/mol. The van der Waals surface area contributed by atoms with Crippen LogP contribution in [0.2, 0.25) is 0 Å². The zero-order chi connectivity index (χ0) is 13.1. The summed E-state index contributed by atoms with van der Waals surface area (Å²) in [4.78, 5) is 11.8. The first kappa shape index (κ1) is 13.9. The van der Waals surface area contributed by atoms with Crippen molar-refractivity contribution in [3.05, 3.63) is 0 Å². The minimum absolute atomic E-state index is 0.0222. The van der Waals surface area contributed by atoms with Gasteiger partial charge in [-0.1, -0.05) is 13.8 Å². The predicted octanol–water partition coefficient (Wildman–Crippen LogP) is 2.48. The number of amides is 1. The molecule has 0 radical (unpaired) electrons. The standard InChI is InChI=1S/C12H18F2N2O/c1-8(2)10(7-15)16-11(17)9-3-5-12(13,14)6-4-9/h8-10H,3-6H2,1-2H3,(H,16,17). The second-order valence-electron chi connectivity index (χ2n) is 4.99. The van der Waals surface area contributed by atoms with E-state index in [0.717, 1.165) is 0 Å². The maximum absolute atomic E-state index is 12.9. The number of alkyl halides is 2. The van der Waals surface area contributed by atoms with Crippen molar-refractivity contribution in [2.24, 2.45) is 11.8 Å². The summed E-state index contributed by atoms with van der Waals surface area (Å²) in [6.45, 7) is 3.67. The van der Waals surface area contributed by atoms with Gasteiger partial charge in [0.1, 0.15) is 6.04 Å². The number of halogens is 2. The molecule has 1 rings (SSSR count). The Kier molecular flexibility index (Phi) is 4.44. The van der Waals surface area contributed by atoms with E-state index in [1.54, 1.807) is 0 Å². The van der Waals surface area contributed by atoms with Gasteiger partial charge in [-0.15, -0.1) is 0 Å². The molecule has 0 aromatic rings. The molecule has 17 heavy (non-hydrogen) atoms. The van der Waals surface area contributed by atoms with Crippen LogP contribution in [0.15, 0.2) is 0 Å². The van der Waals surface area contributed by atoms with Crippen LogP contribution in [0.3, 0.4) is 0 Å². The third-order valence-electron chi connectivity index (χ3n) is 3.19. The smallest absolute Gasteiger partial charge is 0.248 e. The highest BCUT2D eigenvalue weighted by Crippen LogP contribution is 2.36. The fraction of sp³-hybridized carbons (Fsp3) is 0.833. The third kappa shape index (κ3) is 3.95. The first-order chi connectivity index (χ1) is 7.85. The molecule has 0 aromatic carbocycles. The molecular weight excluding hydrogens is 226 g/mol. The molecule has 0 bridgehead atoms. The van der Waals surface area contributed by atoms with Crippen molar-refractivity contribution < 1.29 is 13.6 Å². The summed E-state index contributed by atoms with van der Waals surface area (Å²) in [5.41, 5.74) is 0. The van der Waals surface area contributed by atoms with Crippen molar-refractivity contribution in [2.45, 2.75) is 51.5 Å². The van der Waals surface area contributed by atoms with Crippen molar-refractivity contribution in [3.63, 3.8) is 0 Å². The van der Waals surface area contributed by atoms with Crippen molar-refractivity contribution in [2.75, 3.05) is 0 Å². The van der Waals surface area contributed by atoms with E-state index >= 15 is 0 Å². The van der Waals surface area contributed by atoms with Crippen molar-refractivity contribution in [1.29, 1.82) is 5.26 Å². The molecule has 0 saturated heterocycles. The van der Waals surface area contributed by atoms with Crippen LogP contribution < -0.4 is 5.32 Å². The van der Waals surface area contributed by atoms with Gasteiger partial charge in [-0.25, -0.2) is 8.78 Å². The van der Waals surface area contributed by atoms with Crippen LogP contribution in [0.25, 0.3) is 0 Å². The van der Waals surface area contributed by atoms with Crippen LogP contribution in [0.4, 0.5) is 8.78 Å². The Hall–Kier alpha value is -1.18. The molecule has 1 fully saturated rings. The van der Waals surface area contributed by atoms with Crippen LogP contribution in [0, 0.1) is 23.2 Å². The molecule has 1 saturated carbocycles. The summed E-state index contributed by atoms with van der Waals surface area (Å²) in [7, 11) is 0. The number of hydrogen-bond acceptors (Lipinski definition) is 2. The molecule has 0 spiro atoms. The largest absolute Gasteiger partial charge is 0.340 e. The summed E-state index contributed by atoms with van der Waals surface area (Å²) >= 11 is 0. The molecule has 5 heteroatoms. The summed E-state index contributed by atoms with van der Waals surface area (Å²) in [5.74, 6) is -3.23. The van der Waals surface area contributed by atoms with Crippen molar-refractivity contribution >= 4 is 5.91 Å². The molecule has 96 valence electrons. The van der Waals surface area contributed by atoms with Gasteiger partial charge in [0, 0.05) is 18.8 Å². The Morgan fingerprint density at radius 1 is 1.41 bits per heavy atom. The lowest BCUT2D eigenvalue weighted by molar-refractivity contribution is -0.129. The highest BCUT2D eigenvalue weighted by Gasteiger charge is 2.37. The average Bonchev–Trinajstić information content (AvgIpc) is 2.25. The number of nitrogens with one attached hydrogen (secondary N) is 1. The second-order valence-corrected chi connectivity index (χ2v) is 4.99. The van der Waals surface area contributed by atoms with Gasteiger partial charge in [-0.3, -0.25) is 4.79 Å². The van der Waals surface area contributed by atoms with Gasteiger partial charge in [0.15, 0.2) is 0 Å². The fourth-order valence-electron chi connectivity index (χ4n) is 1.92. The number of nitriles is 1. The molecular formula is C12H18F2N2O. The normalized spacial score (nSPS) is 21.9. The quantitative estimate of drug-likeness (QED) is 0.829. The topological polar surface area (TPSA) is 52.9 Å². The summed E-state index contributed by atoms with van der Waals surface area (Å²) < 4.78 is 25.8. The second kappa shape index (κ2) is 5.44. The van der Waals surface area contributed by atoms with E-state index in [4.69, 9.17) is 5.26 Å². The van der Waals surface area contributed by atoms with E-state index < -0.39 is 12.0 Å². The molecule has 1 amide bonds. The molecule has 1 aliphatic rings. The highest BCUT2D eigenvalue weighted by molar-refractivity contribution is 5.79. The fourth-order valence-corrected chi connectivity index (χ4v) is 1.92. The van der Waals surface area contributed by atoms with Gasteiger partial charge in [0.2, 0.25) is 11.8 Å². The molecule has 0 heterocycles. The van der Waals surface area contributed by atoms with Crippen molar-refractivity contribution in [3.8, 4) is 6.07 Å². The summed E-state index contributed by atoms with van der Waals surface area (Å²) in [6, 6.07) is 1.47. The first-order valence-corrected chi connectivity index (χ1v) is 5.93. The Morgan fingerprint density at radius 3 is 2.35 bits per heavy atom. The zero-order valence-electron chi connectivity index (χ0n) is 10.2. The summed E-state index contributed by atoms with van der Waals surface area (Å²) in [6.07, 6.45) is -0.0574. The van der Waals surface area contributed by atoms with Gasteiger partial charge < -0.3 is 5.32 Å². The van der Waals surface area contributed by atoms with E-state index in [2.05, 4.69) is 5.32 Å². The zero-order valence-corrected chi connectivity index (χ0v) is 10.2. The van der Waals surface area contributed by atoms with E-state index in [1.807, 2.05) is 19.9 Å². The van der Waals surface area contributed by atoms with Gasteiger partial charge in [-0.05, 0) is 18.8 Å². The average molecular weight is 244 g/mol. The number of nitrogens with zero attached hydrogens (tertiary/aromatic N) is 1. The first-order valence-electron chi connectivity index (χ1n) is 5.93. The number of rotatable bonds is 3. The molecule has 1 atom stereocenters. The summed E-state index contributed by atoms with van der Waals surface area (Å²) in [5, 5.41) is 11.5. The number of carbonyl (C=O) groups excluding carboxylic acids is 1. The van der Waals surface area contributed by atoms with Crippen LogP contribution in [-0.4, -0.2) is 17.9 Å². The van der Waals surface area contributed by atoms with Crippen LogP contribution in [-0.2, 0) is 4.79 Å². The van der Waals surface area contributed by atoms with Crippen molar-refractivity contribution in [1.82, 2.24) is 5.32 Å². The van der Waals surface area contributed by atoms with E-state index in [9.17, 15) is 13.6 Å². The molecule has 1 aliphatic carbocycles. The maximum Gasteiger partial charge on any atom is 0.248 e. The Balaban J connectivity index is 2.47. The van der Waals surface area contributed by atoms with E-state index in [0.29, 0.717) is 0 Å². The Labute approximate surface area is 100 Å². The Morgan fingerprint density at radius 2 is 1.94 bits per heavy atom. The lowest BCUT2D eigenvalue weighted by Crippen LogP contribution is -2.42. The SMILES string of the molecule is CC(C)C(C#N)NC(=O)C1CCC(F)(F)CC1. The highest BCUT2D eigenvalue weighted by atomic mass is 19.3. The molecule has 0 aromatic heterocycles. The molecule has 0 aliphatic heterocycles. The lowest BCUT2D eigenvalue weighted by Gasteiger charge is -2.28. The maximum atomic E-state index is 12.9. The minimum Gasteiger partial charge on any atom is -0.340 e. The lowest BCUT2D eigenvalue weighted by atomic mass is 9.86. The van der Waals surface area contributed by atoms with Crippen LogP contribution >= 0.6 is 0 Å². The molecule has 1 N–H and O–H groups in total. The number of hydrogen-bond donors (Lipinski definition) is 1. The van der Waals surface area contributed by atoms with Crippen LogP contribution in [0.1, 0.15) is 39.5 Å². The number of carbonyl (C=O) groups is 1. The molecule has 1 unspecified atom stereocenters. The van der Waals surface area contributed by atoms with Gasteiger partial charge in [0.05, 0.1) is 6.07 Å². The van der Waals surface area contributed by atoms with E-state index in [-0.39, 0.29) is 43.4 Å². The van der Waals surface area contributed by atoms with Crippen LogP contribution in [0.5, 0.6) is 0 Å². The third-order valence-corrected chi connectivity index (χ3v) is 3.19. The minimum atomic E-state index is -2.62. The Bertz CT molecular complexity index is 313. The van der Waals surface area contributed by atoms with Gasteiger partial charge in [-0.2, -0.15) is 5.26 Å². The van der Waals surface area contributed by atoms with E-state index in [1.165, 1.54) is 0 Å². The molecule has 3 nitrogen and oxygen atoms in total. The predicted molar refractivity (Wildman–Crippen MR) is 59.3 cm³/mol. The van der Waals surface area contributed by atoms with Gasteiger partial charge in [0.25, 0.3) is 0 Å². The van der Waals surface area contributed by atoms with Gasteiger partial charge >= 0.3 is 0 Å².